The van der Waals surface area contributed by atoms with Gasteiger partial charge in [0.2, 0.25) is 0 Å². The van der Waals surface area contributed by atoms with Gasteiger partial charge in [-0.3, -0.25) is 10.1 Å². The summed E-state index contributed by atoms with van der Waals surface area (Å²) >= 11 is 0. The molecular weight excluding hydrogens is 318 g/mol. The van der Waals surface area contributed by atoms with Gasteiger partial charge in [-0.1, -0.05) is 36.4 Å². The number of aliphatic hydroxyl groups is 1. The maximum absolute atomic E-state index is 11.6. The molecule has 1 N–H and O–H groups in total. The van der Waals surface area contributed by atoms with Gasteiger partial charge in [0.25, 0.3) is 17.2 Å². The minimum atomic E-state index is -1.41. The van der Waals surface area contributed by atoms with Crippen LogP contribution in [0.3, 0.4) is 0 Å². The number of pyridine rings is 1. The summed E-state index contributed by atoms with van der Waals surface area (Å²) < 4.78 is 1.94. The number of hydrogen-bond acceptors (Lipinski definition) is 4. The SMILES string of the molecule is O=[N+]([O-])c1cccc([C@@]2(O)C[n+]3ccccc3N2c2ccccc2)c1. The molecule has 1 aliphatic heterocycles. The normalized spacial score (nSPS) is 18.8. The molecule has 0 unspecified atom stereocenters. The van der Waals surface area contributed by atoms with Crippen molar-refractivity contribution in [3.8, 4) is 0 Å². The van der Waals surface area contributed by atoms with Crippen LogP contribution in [0.1, 0.15) is 5.56 Å². The second-order valence-electron chi connectivity index (χ2n) is 5.98. The fraction of sp³-hybridized carbons (Fsp3) is 0.105. The van der Waals surface area contributed by atoms with Gasteiger partial charge in [-0.2, -0.15) is 4.90 Å². The number of non-ortho nitro benzene ring substituents is 1. The van der Waals surface area contributed by atoms with E-state index in [1.54, 1.807) is 12.1 Å². The number of rotatable bonds is 3. The Morgan fingerprint density at radius 2 is 1.80 bits per heavy atom. The summed E-state index contributed by atoms with van der Waals surface area (Å²) in [6, 6.07) is 21.4. The summed E-state index contributed by atoms with van der Waals surface area (Å²) in [5, 5.41) is 22.7. The zero-order chi connectivity index (χ0) is 17.4. The summed E-state index contributed by atoms with van der Waals surface area (Å²) in [4.78, 5) is 12.5. The molecule has 2 aromatic carbocycles. The smallest absolute Gasteiger partial charge is 0.284 e. The zero-order valence-electron chi connectivity index (χ0n) is 13.3. The van der Waals surface area contributed by atoms with Crippen LogP contribution in [0.5, 0.6) is 0 Å². The van der Waals surface area contributed by atoms with Crippen LogP contribution in [0.2, 0.25) is 0 Å². The molecule has 6 heteroatoms. The lowest BCUT2D eigenvalue weighted by Crippen LogP contribution is -2.43. The summed E-state index contributed by atoms with van der Waals surface area (Å²) in [6.45, 7) is 0.277. The molecule has 25 heavy (non-hydrogen) atoms. The molecule has 2 heterocycles. The van der Waals surface area contributed by atoms with E-state index in [1.165, 1.54) is 12.1 Å². The number of aromatic nitrogens is 1. The molecule has 0 fully saturated rings. The molecule has 1 aliphatic rings. The summed E-state index contributed by atoms with van der Waals surface area (Å²) in [6.07, 6.45) is 1.89. The quantitative estimate of drug-likeness (QED) is 0.454. The maximum Gasteiger partial charge on any atom is 0.284 e. The predicted molar refractivity (Wildman–Crippen MR) is 92.2 cm³/mol. The molecule has 4 rings (SSSR count). The van der Waals surface area contributed by atoms with Gasteiger partial charge in [-0.25, -0.2) is 4.57 Å². The molecule has 1 aromatic heterocycles. The first-order chi connectivity index (χ1) is 12.1. The van der Waals surface area contributed by atoms with Crippen LogP contribution >= 0.6 is 0 Å². The third-order valence-electron chi connectivity index (χ3n) is 4.44. The van der Waals surface area contributed by atoms with Gasteiger partial charge in [0.05, 0.1) is 11.1 Å². The average Bonchev–Trinajstić information content (AvgIpc) is 2.95. The van der Waals surface area contributed by atoms with Gasteiger partial charge in [-0.05, 0) is 18.2 Å². The number of fused-ring (bicyclic) bond motifs is 1. The Labute approximate surface area is 144 Å². The summed E-state index contributed by atoms with van der Waals surface area (Å²) in [7, 11) is 0. The zero-order valence-corrected chi connectivity index (χ0v) is 13.3. The molecule has 0 saturated carbocycles. The van der Waals surface area contributed by atoms with Gasteiger partial charge < -0.3 is 5.11 Å². The Bertz CT molecular complexity index is 945. The molecule has 0 amide bonds. The molecule has 0 saturated heterocycles. The van der Waals surface area contributed by atoms with E-state index in [9.17, 15) is 15.2 Å². The third-order valence-corrected chi connectivity index (χ3v) is 4.44. The maximum atomic E-state index is 11.6. The minimum absolute atomic E-state index is 0.0418. The Morgan fingerprint density at radius 1 is 1.04 bits per heavy atom. The highest BCUT2D eigenvalue weighted by Gasteiger charge is 2.53. The van der Waals surface area contributed by atoms with E-state index in [1.807, 2.05) is 64.2 Å². The van der Waals surface area contributed by atoms with Crippen molar-refractivity contribution in [2.45, 2.75) is 12.3 Å². The van der Waals surface area contributed by atoms with Crippen LogP contribution in [0.25, 0.3) is 0 Å². The lowest BCUT2D eigenvalue weighted by Gasteiger charge is -2.27. The van der Waals surface area contributed by atoms with Crippen molar-refractivity contribution in [2.24, 2.45) is 0 Å². The van der Waals surface area contributed by atoms with E-state index in [-0.39, 0.29) is 12.2 Å². The Kier molecular flexibility index (Phi) is 3.47. The number of benzene rings is 2. The second-order valence-corrected chi connectivity index (χ2v) is 5.98. The molecule has 1 atom stereocenters. The molecule has 124 valence electrons. The lowest BCUT2D eigenvalue weighted by atomic mass is 10.0. The van der Waals surface area contributed by atoms with Crippen LogP contribution in [0.4, 0.5) is 17.2 Å². The van der Waals surface area contributed by atoms with Gasteiger partial charge in [0.15, 0.2) is 6.54 Å². The Balaban J connectivity index is 1.91. The van der Waals surface area contributed by atoms with Crippen molar-refractivity contribution in [2.75, 3.05) is 4.90 Å². The van der Waals surface area contributed by atoms with Crippen molar-refractivity contribution in [1.29, 1.82) is 0 Å². The highest BCUT2D eigenvalue weighted by Crippen LogP contribution is 2.41. The highest BCUT2D eigenvalue weighted by atomic mass is 16.6. The highest BCUT2D eigenvalue weighted by molar-refractivity contribution is 5.62. The molecule has 0 spiro atoms. The largest absolute Gasteiger partial charge is 0.346 e. The van der Waals surface area contributed by atoms with Crippen LogP contribution in [-0.2, 0) is 12.3 Å². The van der Waals surface area contributed by atoms with Crippen molar-refractivity contribution in [3.05, 3.63) is 94.7 Å². The fourth-order valence-corrected chi connectivity index (χ4v) is 3.31. The van der Waals surface area contributed by atoms with E-state index in [2.05, 4.69) is 0 Å². The van der Waals surface area contributed by atoms with Gasteiger partial charge in [0.1, 0.15) is 5.69 Å². The van der Waals surface area contributed by atoms with Crippen LogP contribution < -0.4 is 9.47 Å². The van der Waals surface area contributed by atoms with E-state index in [4.69, 9.17) is 0 Å². The molecule has 0 radical (unpaired) electrons. The average molecular weight is 334 g/mol. The number of nitro groups is 1. The molecule has 0 bridgehead atoms. The van der Waals surface area contributed by atoms with E-state index >= 15 is 0 Å². The first kappa shape index (κ1) is 15.3. The number of para-hydroxylation sites is 1. The molecule has 6 nitrogen and oxygen atoms in total. The topological polar surface area (TPSA) is 70.5 Å². The number of hydrogen-bond donors (Lipinski definition) is 1. The first-order valence-electron chi connectivity index (χ1n) is 7.91. The fourth-order valence-electron chi connectivity index (χ4n) is 3.31. The monoisotopic (exact) mass is 334 g/mol. The minimum Gasteiger partial charge on any atom is -0.346 e. The molecule has 3 aromatic rings. The predicted octanol–water partition coefficient (Wildman–Crippen LogP) is 2.88. The number of nitro benzene ring substituents is 1. The van der Waals surface area contributed by atoms with Crippen molar-refractivity contribution >= 4 is 17.2 Å². The van der Waals surface area contributed by atoms with Gasteiger partial charge in [0, 0.05) is 23.8 Å². The summed E-state index contributed by atoms with van der Waals surface area (Å²) in [5.74, 6) is 0.822. The van der Waals surface area contributed by atoms with Crippen molar-refractivity contribution < 1.29 is 14.6 Å². The van der Waals surface area contributed by atoms with E-state index in [0.29, 0.717) is 5.56 Å². The van der Waals surface area contributed by atoms with Gasteiger partial charge >= 0.3 is 0 Å². The molecule has 0 aliphatic carbocycles. The van der Waals surface area contributed by atoms with Crippen LogP contribution in [0, 0.1) is 10.1 Å². The van der Waals surface area contributed by atoms with E-state index < -0.39 is 10.6 Å². The van der Waals surface area contributed by atoms with Crippen molar-refractivity contribution in [3.63, 3.8) is 0 Å². The number of anilines is 2. The third kappa shape index (κ3) is 2.43. The summed E-state index contributed by atoms with van der Waals surface area (Å²) in [5.41, 5.74) is -0.162. The molecular formula is C19H16N3O3+. The van der Waals surface area contributed by atoms with Crippen molar-refractivity contribution in [1.82, 2.24) is 0 Å². The number of nitrogens with zero attached hydrogens (tertiary/aromatic N) is 3. The first-order valence-corrected chi connectivity index (χ1v) is 7.91. The standard InChI is InChI=1S/C19H16N3O3/c23-19(15-7-6-10-17(13-15)22(24)25)14-20-12-5-4-11-18(20)21(19)16-8-2-1-3-9-16/h1-13,23H,14H2/q+1/t19-/m0/s1. The lowest BCUT2D eigenvalue weighted by molar-refractivity contribution is -0.683. The van der Waals surface area contributed by atoms with Crippen LogP contribution in [0.15, 0.2) is 79.0 Å². The second kappa shape index (κ2) is 5.68. The Morgan fingerprint density at radius 3 is 2.56 bits per heavy atom. The van der Waals surface area contributed by atoms with E-state index in [0.717, 1.165) is 11.5 Å². The Hall–Kier alpha value is -3.25. The van der Waals surface area contributed by atoms with Gasteiger partial charge in [-0.15, -0.1) is 0 Å². The van der Waals surface area contributed by atoms with Crippen LogP contribution in [-0.4, -0.2) is 10.0 Å².